The van der Waals surface area contributed by atoms with Crippen LogP contribution in [0.15, 0.2) is 53.7 Å². The smallest absolute Gasteiger partial charge is 0.191 e. The van der Waals surface area contributed by atoms with E-state index in [0.717, 1.165) is 16.6 Å². The summed E-state index contributed by atoms with van der Waals surface area (Å²) in [6, 6.07) is 15.7. The highest BCUT2D eigenvalue weighted by atomic mass is 32.2. The fourth-order valence-electron chi connectivity index (χ4n) is 1.98. The summed E-state index contributed by atoms with van der Waals surface area (Å²) in [5.41, 5.74) is 1.53. The number of benzene rings is 2. The van der Waals surface area contributed by atoms with Gasteiger partial charge in [0.2, 0.25) is 0 Å². The highest BCUT2D eigenvalue weighted by Gasteiger charge is 2.08. The molecule has 0 saturated heterocycles. The lowest BCUT2D eigenvalue weighted by atomic mass is 10.2. The third kappa shape index (κ3) is 3.15. The number of para-hydroxylation sites is 1. The highest BCUT2D eigenvalue weighted by molar-refractivity contribution is 7.99. The number of hydrogen-bond donors (Lipinski definition) is 1. The van der Waals surface area contributed by atoms with Crippen molar-refractivity contribution in [3.8, 4) is 6.07 Å². The molecule has 3 aromatic rings. The first-order valence-corrected chi connectivity index (χ1v) is 7.54. The van der Waals surface area contributed by atoms with E-state index in [1.54, 1.807) is 12.1 Å². The summed E-state index contributed by atoms with van der Waals surface area (Å²) in [5.74, 6) is 0.634. The van der Waals surface area contributed by atoms with Gasteiger partial charge in [-0.25, -0.2) is 14.4 Å². The molecule has 2 aromatic carbocycles. The van der Waals surface area contributed by atoms with Crippen LogP contribution in [0.2, 0.25) is 0 Å². The summed E-state index contributed by atoms with van der Waals surface area (Å²) >= 11 is 1.28. The van der Waals surface area contributed by atoms with Gasteiger partial charge in [-0.15, -0.1) is 0 Å². The maximum atomic E-state index is 13.0. The molecule has 3 rings (SSSR count). The Morgan fingerprint density at radius 2 is 1.86 bits per heavy atom. The van der Waals surface area contributed by atoms with Gasteiger partial charge in [-0.2, -0.15) is 5.26 Å². The maximum absolute atomic E-state index is 13.0. The number of anilines is 2. The minimum absolute atomic E-state index is 0.286. The SMILES string of the molecule is N#CCSc1nc(Nc2ccc(F)cc2)c2ccccc2n1. The Labute approximate surface area is 131 Å². The van der Waals surface area contributed by atoms with E-state index in [2.05, 4.69) is 21.4 Å². The molecule has 0 saturated carbocycles. The minimum Gasteiger partial charge on any atom is -0.340 e. The summed E-state index contributed by atoms with van der Waals surface area (Å²) in [6.45, 7) is 0. The molecule has 108 valence electrons. The number of nitrogens with zero attached hydrogens (tertiary/aromatic N) is 3. The number of nitrogens with one attached hydrogen (secondary N) is 1. The minimum atomic E-state index is -0.289. The van der Waals surface area contributed by atoms with Crippen LogP contribution in [0.4, 0.5) is 15.9 Å². The summed E-state index contributed by atoms with van der Waals surface area (Å²) in [6.07, 6.45) is 0. The van der Waals surface area contributed by atoms with Crippen LogP contribution in [0.25, 0.3) is 10.9 Å². The largest absolute Gasteiger partial charge is 0.340 e. The van der Waals surface area contributed by atoms with E-state index < -0.39 is 0 Å². The first-order valence-electron chi connectivity index (χ1n) is 6.55. The number of nitriles is 1. The van der Waals surface area contributed by atoms with Gasteiger partial charge in [0.1, 0.15) is 11.6 Å². The van der Waals surface area contributed by atoms with Gasteiger partial charge < -0.3 is 5.32 Å². The Morgan fingerprint density at radius 1 is 1.09 bits per heavy atom. The molecule has 0 unspecified atom stereocenters. The van der Waals surface area contributed by atoms with Crippen LogP contribution in [0, 0.1) is 17.1 Å². The number of thioether (sulfide) groups is 1. The van der Waals surface area contributed by atoms with E-state index in [0.29, 0.717) is 11.0 Å². The van der Waals surface area contributed by atoms with Gasteiger partial charge in [0.05, 0.1) is 17.3 Å². The lowest BCUT2D eigenvalue weighted by Crippen LogP contribution is -1.99. The number of hydrogen-bond acceptors (Lipinski definition) is 5. The predicted molar refractivity (Wildman–Crippen MR) is 85.6 cm³/mol. The second-order valence-corrected chi connectivity index (χ2v) is 5.39. The van der Waals surface area contributed by atoms with Crippen molar-refractivity contribution in [3.63, 3.8) is 0 Å². The van der Waals surface area contributed by atoms with Crippen molar-refractivity contribution < 1.29 is 4.39 Å². The third-order valence-corrected chi connectivity index (χ3v) is 3.67. The van der Waals surface area contributed by atoms with E-state index in [-0.39, 0.29) is 11.6 Å². The van der Waals surface area contributed by atoms with Crippen molar-refractivity contribution in [2.45, 2.75) is 5.16 Å². The zero-order valence-corrected chi connectivity index (χ0v) is 12.3. The molecule has 6 heteroatoms. The van der Waals surface area contributed by atoms with Gasteiger partial charge in [0.25, 0.3) is 0 Å². The molecule has 1 N–H and O–H groups in total. The van der Waals surface area contributed by atoms with E-state index in [4.69, 9.17) is 5.26 Å². The average molecular weight is 310 g/mol. The van der Waals surface area contributed by atoms with Crippen molar-refractivity contribution >= 4 is 34.2 Å². The number of halogens is 1. The lowest BCUT2D eigenvalue weighted by molar-refractivity contribution is 0.628. The van der Waals surface area contributed by atoms with E-state index in [9.17, 15) is 4.39 Å². The van der Waals surface area contributed by atoms with Crippen molar-refractivity contribution in [1.29, 1.82) is 5.26 Å². The lowest BCUT2D eigenvalue weighted by Gasteiger charge is -2.10. The van der Waals surface area contributed by atoms with Crippen molar-refractivity contribution in [2.24, 2.45) is 0 Å². The van der Waals surface area contributed by atoms with Crippen LogP contribution < -0.4 is 5.32 Å². The summed E-state index contributed by atoms with van der Waals surface area (Å²) in [7, 11) is 0. The van der Waals surface area contributed by atoms with Crippen molar-refractivity contribution in [3.05, 3.63) is 54.3 Å². The summed E-state index contributed by atoms with van der Waals surface area (Å²) in [4.78, 5) is 8.88. The van der Waals surface area contributed by atoms with Gasteiger partial charge >= 0.3 is 0 Å². The molecule has 0 radical (unpaired) electrons. The third-order valence-electron chi connectivity index (χ3n) is 2.96. The zero-order valence-electron chi connectivity index (χ0n) is 11.5. The van der Waals surface area contributed by atoms with E-state index in [1.165, 1.54) is 23.9 Å². The normalized spacial score (nSPS) is 10.4. The predicted octanol–water partition coefficient (Wildman–Crippen LogP) is 4.13. The van der Waals surface area contributed by atoms with Gasteiger partial charge in [-0.3, -0.25) is 0 Å². The molecule has 0 aliphatic carbocycles. The highest BCUT2D eigenvalue weighted by Crippen LogP contribution is 2.26. The monoisotopic (exact) mass is 310 g/mol. The molecular weight excluding hydrogens is 299 g/mol. The maximum Gasteiger partial charge on any atom is 0.191 e. The quantitative estimate of drug-likeness (QED) is 0.580. The Kier molecular flexibility index (Phi) is 4.17. The van der Waals surface area contributed by atoms with Crippen molar-refractivity contribution in [1.82, 2.24) is 9.97 Å². The number of aromatic nitrogens is 2. The number of rotatable bonds is 4. The molecule has 4 nitrogen and oxygen atoms in total. The number of fused-ring (bicyclic) bond motifs is 1. The molecule has 1 heterocycles. The Balaban J connectivity index is 2.02. The van der Waals surface area contributed by atoms with Gasteiger partial charge in [-0.1, -0.05) is 23.9 Å². The molecule has 0 aliphatic rings. The fourth-order valence-corrected chi connectivity index (χ4v) is 2.49. The second-order valence-electron chi connectivity index (χ2n) is 4.45. The first-order chi connectivity index (χ1) is 10.8. The topological polar surface area (TPSA) is 61.6 Å². The van der Waals surface area contributed by atoms with Crippen LogP contribution in [-0.4, -0.2) is 15.7 Å². The van der Waals surface area contributed by atoms with E-state index >= 15 is 0 Å². The molecule has 22 heavy (non-hydrogen) atoms. The average Bonchev–Trinajstić information content (AvgIpc) is 2.55. The van der Waals surface area contributed by atoms with Gasteiger partial charge in [0.15, 0.2) is 5.16 Å². The second kappa shape index (κ2) is 6.41. The molecule has 1 aromatic heterocycles. The molecule has 0 bridgehead atoms. The molecule has 0 spiro atoms. The standard InChI is InChI=1S/C16H11FN4S/c17-11-5-7-12(8-6-11)19-15-13-3-1-2-4-14(13)20-16(21-15)22-10-9-18/h1-8H,10H2,(H,19,20,21). The molecule has 0 fully saturated rings. The molecule has 0 amide bonds. The fraction of sp³-hybridized carbons (Fsp3) is 0.0625. The zero-order chi connectivity index (χ0) is 15.4. The van der Waals surface area contributed by atoms with E-state index in [1.807, 2.05) is 24.3 Å². The summed E-state index contributed by atoms with van der Waals surface area (Å²) < 4.78 is 13.0. The molecule has 0 aliphatic heterocycles. The van der Waals surface area contributed by atoms with Crippen LogP contribution >= 0.6 is 11.8 Å². The molecular formula is C16H11FN4S. The first kappa shape index (κ1) is 14.3. The summed E-state index contributed by atoms with van der Waals surface area (Å²) in [5, 5.41) is 13.3. The van der Waals surface area contributed by atoms with Crippen LogP contribution in [0.1, 0.15) is 0 Å². The Hall–Kier alpha value is -2.65. The van der Waals surface area contributed by atoms with Gasteiger partial charge in [0, 0.05) is 11.1 Å². The molecule has 0 atom stereocenters. The van der Waals surface area contributed by atoms with Crippen molar-refractivity contribution in [2.75, 3.05) is 11.1 Å². The Bertz CT molecular complexity index is 843. The van der Waals surface area contributed by atoms with Gasteiger partial charge in [-0.05, 0) is 36.4 Å². The Morgan fingerprint density at radius 3 is 2.64 bits per heavy atom. The van der Waals surface area contributed by atoms with Crippen LogP contribution in [-0.2, 0) is 0 Å². The van der Waals surface area contributed by atoms with Crippen LogP contribution in [0.5, 0.6) is 0 Å². The van der Waals surface area contributed by atoms with Crippen LogP contribution in [0.3, 0.4) is 0 Å².